The molecule has 2 heterocycles. The van der Waals surface area contributed by atoms with Crippen molar-refractivity contribution >= 4 is 62.3 Å². The van der Waals surface area contributed by atoms with Gasteiger partial charge in [0.25, 0.3) is 3.79 Å². The average molecular weight is 425 g/mol. The Labute approximate surface area is 149 Å². The molecule has 0 fully saturated rings. The summed E-state index contributed by atoms with van der Waals surface area (Å²) in [6.45, 7) is 1.65. The van der Waals surface area contributed by atoms with E-state index in [1.165, 1.54) is 23.0 Å². The normalized spacial score (nSPS) is 11.5. The first-order valence-electron chi connectivity index (χ1n) is 5.97. The predicted molar refractivity (Wildman–Crippen MR) is 87.9 cm³/mol. The summed E-state index contributed by atoms with van der Waals surface area (Å²) in [5, 5.41) is 0. The highest BCUT2D eigenvalue weighted by Crippen LogP contribution is 2.31. The molecule has 0 aliphatic rings. The third-order valence-corrected chi connectivity index (χ3v) is 3.68. The standard InChI is InChI=1S/C13H9BrCl3N3O2/c1-7-3-19-9(4-18-7)11(21)6-20-5-8(14)2-10(20)12(22)13(15,16)17/h2-5H,6H2,1H3. The van der Waals surface area contributed by atoms with E-state index in [4.69, 9.17) is 34.8 Å². The van der Waals surface area contributed by atoms with E-state index in [0.717, 1.165) is 0 Å². The lowest BCUT2D eigenvalue weighted by Crippen LogP contribution is -2.24. The third kappa shape index (κ3) is 4.07. The Kier molecular flexibility index (Phi) is 5.27. The van der Waals surface area contributed by atoms with E-state index in [0.29, 0.717) is 10.2 Å². The van der Waals surface area contributed by atoms with Crippen LogP contribution in [-0.2, 0) is 6.54 Å². The van der Waals surface area contributed by atoms with Crippen LogP contribution in [0.4, 0.5) is 0 Å². The Morgan fingerprint density at radius 2 is 1.95 bits per heavy atom. The number of aryl methyl sites for hydroxylation is 1. The van der Waals surface area contributed by atoms with Crippen molar-refractivity contribution in [3.63, 3.8) is 0 Å². The molecule has 0 bridgehead atoms. The van der Waals surface area contributed by atoms with Gasteiger partial charge in [-0.05, 0) is 28.9 Å². The second-order valence-corrected chi connectivity index (χ2v) is 7.66. The number of Topliss-reactive ketones (excluding diaryl/α,β-unsaturated/α-hetero) is 2. The topological polar surface area (TPSA) is 64.8 Å². The maximum absolute atomic E-state index is 12.2. The second-order valence-electron chi connectivity index (χ2n) is 4.46. The van der Waals surface area contributed by atoms with Gasteiger partial charge in [-0.15, -0.1) is 0 Å². The monoisotopic (exact) mass is 423 g/mol. The molecule has 22 heavy (non-hydrogen) atoms. The van der Waals surface area contributed by atoms with Crippen LogP contribution in [0.3, 0.4) is 0 Å². The number of hydrogen-bond donors (Lipinski definition) is 0. The highest BCUT2D eigenvalue weighted by molar-refractivity contribution is 9.10. The van der Waals surface area contributed by atoms with E-state index >= 15 is 0 Å². The number of halogens is 4. The summed E-state index contributed by atoms with van der Waals surface area (Å²) in [7, 11) is 0. The lowest BCUT2D eigenvalue weighted by molar-refractivity contribution is 0.0958. The molecule has 0 N–H and O–H groups in total. The maximum atomic E-state index is 12.2. The molecule has 2 aromatic rings. The summed E-state index contributed by atoms with van der Waals surface area (Å²) >= 11 is 20.1. The molecule has 0 unspecified atom stereocenters. The van der Waals surface area contributed by atoms with E-state index in [1.807, 2.05) is 0 Å². The zero-order valence-corrected chi connectivity index (χ0v) is 15.0. The van der Waals surface area contributed by atoms with Gasteiger partial charge < -0.3 is 4.57 Å². The first-order valence-corrected chi connectivity index (χ1v) is 7.90. The number of nitrogens with zero attached hydrogens (tertiary/aromatic N) is 3. The van der Waals surface area contributed by atoms with Crippen molar-refractivity contribution in [2.24, 2.45) is 0 Å². The number of ketones is 2. The van der Waals surface area contributed by atoms with Crippen molar-refractivity contribution < 1.29 is 9.59 Å². The molecule has 5 nitrogen and oxygen atoms in total. The molecule has 0 saturated carbocycles. The van der Waals surface area contributed by atoms with Gasteiger partial charge in [0.1, 0.15) is 5.69 Å². The van der Waals surface area contributed by atoms with E-state index in [9.17, 15) is 9.59 Å². The van der Waals surface area contributed by atoms with Gasteiger partial charge in [0.2, 0.25) is 11.6 Å². The van der Waals surface area contributed by atoms with Gasteiger partial charge in [-0.2, -0.15) is 0 Å². The van der Waals surface area contributed by atoms with Crippen molar-refractivity contribution in [2.75, 3.05) is 0 Å². The van der Waals surface area contributed by atoms with E-state index in [2.05, 4.69) is 25.9 Å². The number of alkyl halides is 3. The van der Waals surface area contributed by atoms with Gasteiger partial charge >= 0.3 is 0 Å². The Morgan fingerprint density at radius 3 is 2.50 bits per heavy atom. The Hall–Kier alpha value is -0.950. The Balaban J connectivity index is 2.28. The zero-order chi connectivity index (χ0) is 16.5. The fourth-order valence-corrected chi connectivity index (χ4v) is 2.47. The molecule has 2 aromatic heterocycles. The van der Waals surface area contributed by atoms with Crippen molar-refractivity contribution in [3.8, 4) is 0 Å². The number of hydrogen-bond acceptors (Lipinski definition) is 4. The smallest absolute Gasteiger partial charge is 0.255 e. The van der Waals surface area contributed by atoms with Crippen LogP contribution in [0, 0.1) is 6.92 Å². The fourth-order valence-electron chi connectivity index (χ4n) is 1.71. The first kappa shape index (κ1) is 17.4. The van der Waals surface area contributed by atoms with Crippen LogP contribution in [0.1, 0.15) is 26.7 Å². The summed E-state index contributed by atoms with van der Waals surface area (Å²) in [4.78, 5) is 32.3. The summed E-state index contributed by atoms with van der Waals surface area (Å²) in [6.07, 6.45) is 4.43. The minimum absolute atomic E-state index is 0.111. The van der Waals surface area contributed by atoms with Gasteiger partial charge in [-0.3, -0.25) is 14.6 Å². The Bertz CT molecular complexity index is 723. The quantitative estimate of drug-likeness (QED) is 0.552. The highest BCUT2D eigenvalue weighted by atomic mass is 79.9. The molecule has 0 atom stereocenters. The Morgan fingerprint density at radius 1 is 1.27 bits per heavy atom. The number of carbonyl (C=O) groups excluding carboxylic acids is 2. The van der Waals surface area contributed by atoms with Crippen molar-refractivity contribution in [3.05, 3.63) is 46.2 Å². The molecule has 9 heteroatoms. The second kappa shape index (κ2) is 6.66. The molecular weight excluding hydrogens is 416 g/mol. The number of rotatable bonds is 4. The summed E-state index contributed by atoms with van der Waals surface area (Å²) in [6, 6.07) is 1.48. The summed E-state index contributed by atoms with van der Waals surface area (Å²) < 4.78 is -0.103. The number of carbonyl (C=O) groups is 2. The molecule has 2 rings (SSSR count). The van der Waals surface area contributed by atoms with Crippen molar-refractivity contribution in [2.45, 2.75) is 17.3 Å². The minimum Gasteiger partial charge on any atom is -0.336 e. The molecule has 0 radical (unpaired) electrons. The SMILES string of the molecule is Cc1cnc(C(=O)Cn2cc(Br)cc2C(=O)C(Cl)(Cl)Cl)cn1. The van der Waals surface area contributed by atoms with Crippen LogP contribution >= 0.6 is 50.7 Å². The lowest BCUT2D eigenvalue weighted by Gasteiger charge is -2.12. The van der Waals surface area contributed by atoms with E-state index in [1.54, 1.807) is 13.1 Å². The first-order chi connectivity index (χ1) is 10.2. The molecule has 0 aromatic carbocycles. The zero-order valence-electron chi connectivity index (χ0n) is 11.2. The lowest BCUT2D eigenvalue weighted by atomic mass is 10.2. The molecular formula is C13H9BrCl3N3O2. The largest absolute Gasteiger partial charge is 0.336 e. The van der Waals surface area contributed by atoms with Crippen LogP contribution in [0.2, 0.25) is 0 Å². The minimum atomic E-state index is -2.09. The molecule has 0 spiro atoms. The third-order valence-electron chi connectivity index (χ3n) is 2.73. The van der Waals surface area contributed by atoms with E-state index < -0.39 is 9.58 Å². The summed E-state index contributed by atoms with van der Waals surface area (Å²) in [5.74, 6) is -1.03. The van der Waals surface area contributed by atoms with Gasteiger partial charge in [-0.25, -0.2) is 4.98 Å². The van der Waals surface area contributed by atoms with Gasteiger partial charge in [0.05, 0.1) is 24.1 Å². The van der Waals surface area contributed by atoms with Crippen LogP contribution in [-0.4, -0.2) is 29.9 Å². The summed E-state index contributed by atoms with van der Waals surface area (Å²) in [5.41, 5.74) is 1.01. The molecule has 0 aliphatic carbocycles. The molecule has 0 saturated heterocycles. The number of aromatic nitrogens is 3. The van der Waals surface area contributed by atoms with Crippen molar-refractivity contribution in [1.82, 2.24) is 14.5 Å². The highest BCUT2D eigenvalue weighted by Gasteiger charge is 2.34. The van der Waals surface area contributed by atoms with Gasteiger partial charge in [-0.1, -0.05) is 34.8 Å². The fraction of sp³-hybridized carbons (Fsp3) is 0.231. The molecule has 0 aliphatic heterocycles. The van der Waals surface area contributed by atoms with E-state index in [-0.39, 0.29) is 23.7 Å². The van der Waals surface area contributed by atoms with Crippen LogP contribution < -0.4 is 0 Å². The van der Waals surface area contributed by atoms with Crippen LogP contribution in [0.25, 0.3) is 0 Å². The van der Waals surface area contributed by atoms with Gasteiger partial charge in [0.15, 0.2) is 0 Å². The van der Waals surface area contributed by atoms with Crippen LogP contribution in [0.5, 0.6) is 0 Å². The maximum Gasteiger partial charge on any atom is 0.255 e. The average Bonchev–Trinajstić information content (AvgIpc) is 2.78. The van der Waals surface area contributed by atoms with Crippen LogP contribution in [0.15, 0.2) is 29.1 Å². The predicted octanol–water partition coefficient (Wildman–Crippen LogP) is 3.78. The van der Waals surface area contributed by atoms with Crippen molar-refractivity contribution in [1.29, 1.82) is 0 Å². The van der Waals surface area contributed by atoms with Gasteiger partial charge in [0, 0.05) is 16.9 Å². The molecule has 116 valence electrons. The molecule has 0 amide bonds.